The van der Waals surface area contributed by atoms with Crippen LogP contribution in [0.15, 0.2) is 24.3 Å². The highest BCUT2D eigenvalue weighted by atomic mass is 127. The van der Waals surface area contributed by atoms with Gasteiger partial charge in [-0.25, -0.2) is 4.68 Å². The third kappa shape index (κ3) is 2.94. The van der Waals surface area contributed by atoms with Crippen LogP contribution < -0.4 is 5.73 Å². The first-order chi connectivity index (χ1) is 9.04. The van der Waals surface area contributed by atoms with E-state index in [-0.39, 0.29) is 6.04 Å². The van der Waals surface area contributed by atoms with Gasteiger partial charge in [-0.05, 0) is 54.0 Å². The van der Waals surface area contributed by atoms with Gasteiger partial charge in [0.05, 0.1) is 15.3 Å². The lowest BCUT2D eigenvalue weighted by atomic mass is 10.0. The summed E-state index contributed by atoms with van der Waals surface area (Å²) in [5, 5.41) is 4.53. The summed E-state index contributed by atoms with van der Waals surface area (Å²) in [6.45, 7) is 6.32. The molecule has 102 valence electrons. The van der Waals surface area contributed by atoms with Gasteiger partial charge in [-0.1, -0.05) is 37.6 Å². The summed E-state index contributed by atoms with van der Waals surface area (Å²) in [5.41, 5.74) is 9.73. The molecule has 1 heterocycles. The summed E-state index contributed by atoms with van der Waals surface area (Å²) in [7, 11) is 0. The number of nitrogen functional groups attached to an aromatic ring is 1. The largest absolute Gasteiger partial charge is 0.383 e. The van der Waals surface area contributed by atoms with Crippen LogP contribution in [0.3, 0.4) is 0 Å². The SMILES string of the molecule is CCCc1ccc(C(C)n2nc(C)c(I)c2N)cc1. The maximum absolute atomic E-state index is 6.11. The maximum Gasteiger partial charge on any atom is 0.136 e. The molecule has 0 bridgehead atoms. The normalized spacial score (nSPS) is 12.6. The molecule has 3 nitrogen and oxygen atoms in total. The summed E-state index contributed by atoms with van der Waals surface area (Å²) >= 11 is 2.25. The van der Waals surface area contributed by atoms with Crippen molar-refractivity contribution in [3.05, 3.63) is 44.7 Å². The summed E-state index contributed by atoms with van der Waals surface area (Å²) in [5.74, 6) is 0.753. The van der Waals surface area contributed by atoms with Crippen molar-refractivity contribution in [2.75, 3.05) is 5.73 Å². The quantitative estimate of drug-likeness (QED) is 0.830. The molecule has 0 saturated carbocycles. The van der Waals surface area contributed by atoms with Crippen molar-refractivity contribution in [1.82, 2.24) is 9.78 Å². The Kier molecular flexibility index (Phi) is 4.50. The summed E-state index contributed by atoms with van der Waals surface area (Å²) < 4.78 is 2.96. The minimum atomic E-state index is 0.165. The lowest BCUT2D eigenvalue weighted by molar-refractivity contribution is 0.568. The molecule has 0 fully saturated rings. The van der Waals surface area contributed by atoms with Gasteiger partial charge >= 0.3 is 0 Å². The molecular formula is C15H20IN3. The predicted molar refractivity (Wildman–Crippen MR) is 88.3 cm³/mol. The van der Waals surface area contributed by atoms with E-state index in [0.29, 0.717) is 0 Å². The molecule has 1 aromatic carbocycles. The number of benzene rings is 1. The second-order valence-corrected chi connectivity index (χ2v) is 5.98. The Morgan fingerprint density at radius 2 is 1.95 bits per heavy atom. The topological polar surface area (TPSA) is 43.8 Å². The molecule has 1 aromatic heterocycles. The molecule has 2 aromatic rings. The van der Waals surface area contributed by atoms with Gasteiger partial charge in [-0.2, -0.15) is 5.10 Å². The average Bonchev–Trinajstić information content (AvgIpc) is 2.67. The standard InChI is InChI=1S/C15H20IN3/c1-4-5-12-6-8-13(9-7-12)11(3)19-15(17)14(16)10(2)18-19/h6-9,11H,4-5,17H2,1-3H3. The fourth-order valence-electron chi connectivity index (χ4n) is 2.23. The molecule has 0 amide bonds. The van der Waals surface area contributed by atoms with E-state index in [1.54, 1.807) is 0 Å². The van der Waals surface area contributed by atoms with Crippen LogP contribution in [0.5, 0.6) is 0 Å². The first-order valence-electron chi connectivity index (χ1n) is 6.63. The maximum atomic E-state index is 6.11. The molecule has 2 rings (SSSR count). The zero-order valence-electron chi connectivity index (χ0n) is 11.7. The fraction of sp³-hybridized carbons (Fsp3) is 0.400. The van der Waals surface area contributed by atoms with Gasteiger partial charge < -0.3 is 5.73 Å². The van der Waals surface area contributed by atoms with Gasteiger partial charge in [0.2, 0.25) is 0 Å². The second-order valence-electron chi connectivity index (χ2n) is 4.90. The van der Waals surface area contributed by atoms with E-state index in [4.69, 9.17) is 5.73 Å². The smallest absolute Gasteiger partial charge is 0.136 e. The monoisotopic (exact) mass is 369 g/mol. The Hall–Kier alpha value is -1.04. The summed E-state index contributed by atoms with van der Waals surface area (Å²) in [6.07, 6.45) is 2.31. The number of nitrogens with zero attached hydrogens (tertiary/aromatic N) is 2. The van der Waals surface area contributed by atoms with E-state index in [0.717, 1.165) is 21.5 Å². The summed E-state index contributed by atoms with van der Waals surface area (Å²) in [6, 6.07) is 8.93. The Labute approximate surface area is 128 Å². The lowest BCUT2D eigenvalue weighted by Crippen LogP contribution is -2.11. The predicted octanol–water partition coefficient (Wildman–Crippen LogP) is 3.94. The van der Waals surface area contributed by atoms with Crippen LogP contribution in [0.25, 0.3) is 0 Å². The van der Waals surface area contributed by atoms with Crippen LogP contribution in [0.1, 0.15) is 43.1 Å². The van der Waals surface area contributed by atoms with Crippen LogP contribution >= 0.6 is 22.6 Å². The zero-order valence-corrected chi connectivity index (χ0v) is 13.8. The molecule has 2 N–H and O–H groups in total. The number of rotatable bonds is 4. The third-order valence-corrected chi connectivity index (χ3v) is 4.75. The first-order valence-corrected chi connectivity index (χ1v) is 7.71. The fourth-order valence-corrected chi connectivity index (χ4v) is 2.59. The molecule has 0 aliphatic carbocycles. The van der Waals surface area contributed by atoms with Crippen LogP contribution in [0.4, 0.5) is 5.82 Å². The number of halogens is 1. The van der Waals surface area contributed by atoms with Crippen molar-refractivity contribution in [3.63, 3.8) is 0 Å². The number of aryl methyl sites for hydroxylation is 2. The van der Waals surface area contributed by atoms with E-state index >= 15 is 0 Å². The lowest BCUT2D eigenvalue weighted by Gasteiger charge is -2.15. The Morgan fingerprint density at radius 1 is 1.32 bits per heavy atom. The van der Waals surface area contributed by atoms with E-state index in [2.05, 4.69) is 65.8 Å². The molecule has 1 unspecified atom stereocenters. The molecule has 0 aliphatic rings. The molecule has 0 spiro atoms. The van der Waals surface area contributed by atoms with E-state index in [1.807, 2.05) is 11.6 Å². The van der Waals surface area contributed by atoms with Gasteiger partial charge in [0.1, 0.15) is 5.82 Å². The number of anilines is 1. The van der Waals surface area contributed by atoms with E-state index in [9.17, 15) is 0 Å². The minimum Gasteiger partial charge on any atom is -0.383 e. The molecule has 1 atom stereocenters. The van der Waals surface area contributed by atoms with E-state index < -0.39 is 0 Å². The van der Waals surface area contributed by atoms with Crippen LogP contribution in [0.2, 0.25) is 0 Å². The number of aromatic nitrogens is 2. The van der Waals surface area contributed by atoms with Gasteiger partial charge in [-0.15, -0.1) is 0 Å². The molecule has 0 radical (unpaired) electrons. The van der Waals surface area contributed by atoms with Crippen molar-refractivity contribution >= 4 is 28.4 Å². The molecule has 0 saturated heterocycles. The molecule has 4 heteroatoms. The highest BCUT2D eigenvalue weighted by Gasteiger charge is 2.16. The van der Waals surface area contributed by atoms with Crippen molar-refractivity contribution in [2.24, 2.45) is 0 Å². The molecule has 19 heavy (non-hydrogen) atoms. The van der Waals surface area contributed by atoms with Crippen LogP contribution in [0, 0.1) is 10.5 Å². The minimum absolute atomic E-state index is 0.165. The van der Waals surface area contributed by atoms with Crippen LogP contribution in [-0.4, -0.2) is 9.78 Å². The second kappa shape index (κ2) is 5.94. The Morgan fingerprint density at radius 3 is 2.42 bits per heavy atom. The molecule has 0 aliphatic heterocycles. The Bertz CT molecular complexity index is 558. The third-order valence-electron chi connectivity index (χ3n) is 3.41. The zero-order chi connectivity index (χ0) is 14.0. The molecular weight excluding hydrogens is 349 g/mol. The number of nitrogens with two attached hydrogens (primary N) is 1. The summed E-state index contributed by atoms with van der Waals surface area (Å²) in [4.78, 5) is 0. The van der Waals surface area contributed by atoms with E-state index in [1.165, 1.54) is 17.5 Å². The highest BCUT2D eigenvalue weighted by molar-refractivity contribution is 14.1. The van der Waals surface area contributed by atoms with Crippen LogP contribution in [-0.2, 0) is 6.42 Å². The van der Waals surface area contributed by atoms with Crippen molar-refractivity contribution in [1.29, 1.82) is 0 Å². The average molecular weight is 369 g/mol. The van der Waals surface area contributed by atoms with Gasteiger partial charge in [0.25, 0.3) is 0 Å². The van der Waals surface area contributed by atoms with Crippen molar-refractivity contribution in [3.8, 4) is 0 Å². The van der Waals surface area contributed by atoms with Gasteiger partial charge in [-0.3, -0.25) is 0 Å². The van der Waals surface area contributed by atoms with Crippen molar-refractivity contribution in [2.45, 2.75) is 39.7 Å². The highest BCUT2D eigenvalue weighted by Crippen LogP contribution is 2.26. The Balaban J connectivity index is 2.28. The number of hydrogen-bond acceptors (Lipinski definition) is 2. The number of hydrogen-bond donors (Lipinski definition) is 1. The van der Waals surface area contributed by atoms with Crippen molar-refractivity contribution < 1.29 is 0 Å². The van der Waals surface area contributed by atoms with Gasteiger partial charge in [0.15, 0.2) is 0 Å². The van der Waals surface area contributed by atoms with Gasteiger partial charge in [0, 0.05) is 0 Å². The first kappa shape index (κ1) is 14.4.